The molecule has 4 nitrogen and oxygen atoms in total. The first-order valence-electron chi connectivity index (χ1n) is 7.96. The summed E-state index contributed by atoms with van der Waals surface area (Å²) in [6.45, 7) is 3.16. The highest BCUT2D eigenvalue weighted by Gasteiger charge is 2.25. The fraction of sp³-hybridized carbons (Fsp3) is 0.316. The molecule has 4 heteroatoms. The van der Waals surface area contributed by atoms with Crippen LogP contribution in [0.2, 0.25) is 0 Å². The van der Waals surface area contributed by atoms with Crippen molar-refractivity contribution in [3.8, 4) is 0 Å². The van der Waals surface area contributed by atoms with Crippen molar-refractivity contribution in [3.63, 3.8) is 0 Å². The predicted octanol–water partition coefficient (Wildman–Crippen LogP) is 2.20. The van der Waals surface area contributed by atoms with Crippen molar-refractivity contribution in [1.82, 2.24) is 10.2 Å². The second-order valence-electron chi connectivity index (χ2n) is 5.89. The van der Waals surface area contributed by atoms with Crippen LogP contribution in [0.25, 0.3) is 0 Å². The van der Waals surface area contributed by atoms with E-state index in [0.717, 1.165) is 25.9 Å². The molecule has 1 saturated heterocycles. The zero-order valence-electron chi connectivity index (χ0n) is 13.1. The maximum absolute atomic E-state index is 10.8. The standard InChI is InChI=1S/C19H22N2O2/c22-14-19-20-18(15-23-19)13-21(11-16-7-3-1-4-8-16)12-17-9-5-2-6-10-17/h1-10,14,18-20H,11-13,15H2. The van der Waals surface area contributed by atoms with Crippen LogP contribution >= 0.6 is 0 Å². The van der Waals surface area contributed by atoms with Crippen LogP contribution in [0.5, 0.6) is 0 Å². The first-order chi connectivity index (χ1) is 11.3. The Kier molecular flexibility index (Phi) is 5.53. The van der Waals surface area contributed by atoms with Gasteiger partial charge in [0.05, 0.1) is 6.61 Å². The Morgan fingerprint density at radius 3 is 2.04 bits per heavy atom. The number of nitrogens with one attached hydrogen (secondary N) is 1. The number of hydrogen-bond donors (Lipinski definition) is 1. The van der Waals surface area contributed by atoms with Crippen LogP contribution < -0.4 is 5.32 Å². The molecule has 2 unspecified atom stereocenters. The maximum Gasteiger partial charge on any atom is 0.164 e. The van der Waals surface area contributed by atoms with Crippen molar-refractivity contribution in [3.05, 3.63) is 71.8 Å². The van der Waals surface area contributed by atoms with Gasteiger partial charge in [0.25, 0.3) is 0 Å². The molecule has 3 rings (SSSR count). The summed E-state index contributed by atoms with van der Waals surface area (Å²) in [6.07, 6.45) is 0.356. The first kappa shape index (κ1) is 15.9. The molecule has 0 saturated carbocycles. The second kappa shape index (κ2) is 8.02. The monoisotopic (exact) mass is 310 g/mol. The van der Waals surface area contributed by atoms with Crippen molar-refractivity contribution >= 4 is 6.29 Å². The highest BCUT2D eigenvalue weighted by molar-refractivity contribution is 5.55. The lowest BCUT2D eigenvalue weighted by molar-refractivity contribution is -0.116. The summed E-state index contributed by atoms with van der Waals surface area (Å²) in [6, 6.07) is 21.1. The lowest BCUT2D eigenvalue weighted by atomic mass is 10.1. The molecule has 2 aromatic carbocycles. The van der Waals surface area contributed by atoms with Gasteiger partial charge in [-0.2, -0.15) is 0 Å². The molecule has 2 aromatic rings. The van der Waals surface area contributed by atoms with Crippen molar-refractivity contribution in [2.24, 2.45) is 0 Å². The molecule has 1 heterocycles. The third kappa shape index (κ3) is 4.73. The number of nitrogens with zero attached hydrogens (tertiary/aromatic N) is 1. The van der Waals surface area contributed by atoms with Gasteiger partial charge in [0.15, 0.2) is 12.5 Å². The van der Waals surface area contributed by atoms with Gasteiger partial charge in [-0.3, -0.25) is 15.0 Å². The first-order valence-corrected chi connectivity index (χ1v) is 7.96. The van der Waals surface area contributed by atoms with E-state index in [1.807, 2.05) is 12.1 Å². The molecule has 0 amide bonds. The van der Waals surface area contributed by atoms with Crippen LogP contribution in [0.4, 0.5) is 0 Å². The van der Waals surface area contributed by atoms with Gasteiger partial charge in [-0.15, -0.1) is 0 Å². The lowest BCUT2D eigenvalue weighted by Crippen LogP contribution is -2.41. The van der Waals surface area contributed by atoms with Crippen LogP contribution in [0.3, 0.4) is 0 Å². The van der Waals surface area contributed by atoms with E-state index >= 15 is 0 Å². The van der Waals surface area contributed by atoms with E-state index < -0.39 is 6.23 Å². The molecule has 0 aromatic heterocycles. The Hall–Kier alpha value is -2.01. The minimum Gasteiger partial charge on any atom is -0.355 e. The number of carbonyl (C=O) groups excluding carboxylic acids is 1. The van der Waals surface area contributed by atoms with Gasteiger partial charge in [-0.25, -0.2) is 0 Å². The number of carbonyl (C=O) groups is 1. The Labute approximate surface area is 137 Å². The van der Waals surface area contributed by atoms with E-state index in [1.165, 1.54) is 11.1 Å². The molecular formula is C19H22N2O2. The molecule has 0 bridgehead atoms. The molecule has 23 heavy (non-hydrogen) atoms. The Morgan fingerprint density at radius 1 is 1.00 bits per heavy atom. The zero-order chi connectivity index (χ0) is 15.9. The van der Waals surface area contributed by atoms with Gasteiger partial charge >= 0.3 is 0 Å². The van der Waals surface area contributed by atoms with Crippen LogP contribution in [0.15, 0.2) is 60.7 Å². The normalized spacial score (nSPS) is 20.7. The summed E-state index contributed by atoms with van der Waals surface area (Å²) >= 11 is 0. The molecule has 0 spiro atoms. The molecule has 0 aliphatic carbocycles. The summed E-state index contributed by atoms with van der Waals surface area (Å²) in [5.74, 6) is 0. The average Bonchev–Trinajstić information content (AvgIpc) is 3.04. The summed E-state index contributed by atoms with van der Waals surface area (Å²) < 4.78 is 5.41. The topological polar surface area (TPSA) is 41.6 Å². The Morgan fingerprint density at radius 2 is 1.57 bits per heavy atom. The summed E-state index contributed by atoms with van der Waals surface area (Å²) in [4.78, 5) is 13.2. The van der Waals surface area contributed by atoms with E-state index in [4.69, 9.17) is 4.74 Å². The van der Waals surface area contributed by atoms with Crippen molar-refractivity contribution < 1.29 is 9.53 Å². The van der Waals surface area contributed by atoms with Gasteiger partial charge in [-0.1, -0.05) is 60.7 Å². The van der Waals surface area contributed by atoms with Crippen LogP contribution in [-0.4, -0.2) is 36.6 Å². The fourth-order valence-corrected chi connectivity index (χ4v) is 2.91. The Bertz CT molecular complexity index is 562. The van der Waals surface area contributed by atoms with Crippen molar-refractivity contribution in [1.29, 1.82) is 0 Å². The van der Waals surface area contributed by atoms with E-state index in [9.17, 15) is 4.79 Å². The smallest absolute Gasteiger partial charge is 0.164 e. The van der Waals surface area contributed by atoms with Crippen LogP contribution in [-0.2, 0) is 22.6 Å². The predicted molar refractivity (Wildman–Crippen MR) is 89.7 cm³/mol. The molecule has 2 atom stereocenters. The van der Waals surface area contributed by atoms with E-state index in [-0.39, 0.29) is 6.04 Å². The maximum atomic E-state index is 10.8. The molecular weight excluding hydrogens is 288 g/mol. The lowest BCUT2D eigenvalue weighted by Gasteiger charge is -2.25. The third-order valence-electron chi connectivity index (χ3n) is 3.98. The molecule has 1 N–H and O–H groups in total. The SMILES string of the molecule is O=CC1NC(CN(Cc2ccccc2)Cc2ccccc2)CO1. The number of benzene rings is 2. The van der Waals surface area contributed by atoms with E-state index in [2.05, 4.69) is 58.7 Å². The summed E-state index contributed by atoms with van der Waals surface area (Å²) in [5, 5.41) is 3.21. The second-order valence-corrected chi connectivity index (χ2v) is 5.89. The number of rotatable bonds is 7. The largest absolute Gasteiger partial charge is 0.355 e. The number of ether oxygens (including phenoxy) is 1. The highest BCUT2D eigenvalue weighted by Crippen LogP contribution is 2.12. The number of hydrogen-bond acceptors (Lipinski definition) is 4. The Balaban J connectivity index is 1.66. The van der Waals surface area contributed by atoms with Gasteiger partial charge in [0, 0.05) is 25.7 Å². The van der Waals surface area contributed by atoms with Crippen LogP contribution in [0, 0.1) is 0 Å². The van der Waals surface area contributed by atoms with Gasteiger partial charge in [0.1, 0.15) is 0 Å². The highest BCUT2D eigenvalue weighted by atomic mass is 16.5. The zero-order valence-corrected chi connectivity index (χ0v) is 13.1. The minimum atomic E-state index is -0.463. The van der Waals surface area contributed by atoms with Crippen molar-refractivity contribution in [2.45, 2.75) is 25.4 Å². The third-order valence-corrected chi connectivity index (χ3v) is 3.98. The molecule has 0 radical (unpaired) electrons. The quantitative estimate of drug-likeness (QED) is 0.796. The van der Waals surface area contributed by atoms with Crippen molar-refractivity contribution in [2.75, 3.05) is 13.2 Å². The summed E-state index contributed by atoms with van der Waals surface area (Å²) in [7, 11) is 0. The summed E-state index contributed by atoms with van der Waals surface area (Å²) in [5.41, 5.74) is 2.57. The number of aldehydes is 1. The van der Waals surface area contributed by atoms with Gasteiger partial charge in [-0.05, 0) is 11.1 Å². The van der Waals surface area contributed by atoms with Gasteiger partial charge < -0.3 is 4.74 Å². The average molecular weight is 310 g/mol. The fourth-order valence-electron chi connectivity index (χ4n) is 2.91. The van der Waals surface area contributed by atoms with Gasteiger partial charge in [0.2, 0.25) is 0 Å². The van der Waals surface area contributed by atoms with E-state index in [1.54, 1.807) is 0 Å². The molecule has 1 fully saturated rings. The molecule has 1 aliphatic rings. The van der Waals surface area contributed by atoms with E-state index in [0.29, 0.717) is 6.61 Å². The minimum absolute atomic E-state index is 0.178. The molecule has 1 aliphatic heterocycles. The van der Waals surface area contributed by atoms with Crippen LogP contribution in [0.1, 0.15) is 11.1 Å². The molecule has 120 valence electrons.